The second kappa shape index (κ2) is 6.28. The second-order valence-electron chi connectivity index (χ2n) is 5.61. The molecule has 0 aliphatic carbocycles. The summed E-state index contributed by atoms with van der Waals surface area (Å²) in [5.41, 5.74) is 0.855. The van der Waals surface area contributed by atoms with Gasteiger partial charge in [-0.25, -0.2) is 8.78 Å². The van der Waals surface area contributed by atoms with Crippen molar-refractivity contribution in [3.63, 3.8) is 0 Å². The van der Waals surface area contributed by atoms with Crippen LogP contribution in [0, 0.1) is 17.6 Å². The number of benzene rings is 2. The maximum atomic E-state index is 12.9. The molecule has 0 spiro atoms. The van der Waals surface area contributed by atoms with Gasteiger partial charge >= 0.3 is 0 Å². The van der Waals surface area contributed by atoms with Gasteiger partial charge in [-0.2, -0.15) is 0 Å². The average Bonchev–Trinajstić information content (AvgIpc) is 3.05. The Kier molecular flexibility index (Phi) is 4.19. The zero-order chi connectivity index (χ0) is 16.4. The lowest BCUT2D eigenvalue weighted by Crippen LogP contribution is -2.30. The van der Waals surface area contributed by atoms with Crippen molar-refractivity contribution in [1.82, 2.24) is 4.90 Å². The quantitative estimate of drug-likeness (QED) is 0.815. The number of Topliss-reactive ketones (excluding diaryl/α,β-unsaturated/α-hetero) is 1. The summed E-state index contributed by atoms with van der Waals surface area (Å²) < 4.78 is 25.8. The van der Waals surface area contributed by atoms with Crippen LogP contribution in [0.15, 0.2) is 48.5 Å². The van der Waals surface area contributed by atoms with Gasteiger partial charge in [0.25, 0.3) is 5.91 Å². The van der Waals surface area contributed by atoms with E-state index in [4.69, 9.17) is 0 Å². The summed E-state index contributed by atoms with van der Waals surface area (Å²) in [6.45, 7) is 0.806. The van der Waals surface area contributed by atoms with E-state index in [1.54, 1.807) is 4.90 Å². The highest BCUT2D eigenvalue weighted by molar-refractivity contribution is 5.99. The van der Waals surface area contributed by atoms with E-state index in [0.717, 1.165) is 0 Å². The van der Waals surface area contributed by atoms with Gasteiger partial charge < -0.3 is 4.90 Å². The zero-order valence-electron chi connectivity index (χ0n) is 12.3. The summed E-state index contributed by atoms with van der Waals surface area (Å²) in [6.07, 6.45) is 0.573. The summed E-state index contributed by atoms with van der Waals surface area (Å²) in [6, 6.07) is 10.8. The lowest BCUT2D eigenvalue weighted by atomic mass is 9.97. The van der Waals surface area contributed by atoms with E-state index >= 15 is 0 Å². The van der Waals surface area contributed by atoms with Gasteiger partial charge in [0, 0.05) is 30.1 Å². The lowest BCUT2D eigenvalue weighted by molar-refractivity contribution is 0.0780. The van der Waals surface area contributed by atoms with Crippen molar-refractivity contribution < 1.29 is 18.4 Å². The van der Waals surface area contributed by atoms with Crippen LogP contribution in [0.2, 0.25) is 0 Å². The van der Waals surface area contributed by atoms with E-state index in [1.807, 2.05) is 0 Å². The molecule has 2 aromatic carbocycles. The smallest absolute Gasteiger partial charge is 0.253 e. The molecule has 3 rings (SSSR count). The number of ketones is 1. The van der Waals surface area contributed by atoms with Crippen LogP contribution in [0.3, 0.4) is 0 Å². The summed E-state index contributed by atoms with van der Waals surface area (Å²) in [5, 5.41) is 0. The highest BCUT2D eigenvalue weighted by Gasteiger charge is 2.31. The molecular weight excluding hydrogens is 300 g/mol. The molecular formula is C18H15F2NO2. The molecule has 2 aromatic rings. The van der Waals surface area contributed by atoms with E-state index in [0.29, 0.717) is 30.6 Å². The number of nitrogens with zero attached hydrogens (tertiary/aromatic N) is 1. The Morgan fingerprint density at radius 2 is 1.39 bits per heavy atom. The number of hydrogen-bond donors (Lipinski definition) is 0. The first-order valence-electron chi connectivity index (χ1n) is 7.39. The highest BCUT2D eigenvalue weighted by Crippen LogP contribution is 2.23. The van der Waals surface area contributed by atoms with Crippen LogP contribution in [0.5, 0.6) is 0 Å². The fraction of sp³-hybridized carbons (Fsp3) is 0.222. The third-order valence-corrected chi connectivity index (χ3v) is 4.07. The van der Waals surface area contributed by atoms with Crippen molar-refractivity contribution >= 4 is 11.7 Å². The number of hydrogen-bond acceptors (Lipinski definition) is 2. The Morgan fingerprint density at radius 1 is 0.870 bits per heavy atom. The molecule has 0 aromatic heterocycles. The van der Waals surface area contributed by atoms with Crippen molar-refractivity contribution in [3.8, 4) is 0 Å². The number of carbonyl (C=O) groups is 2. The van der Waals surface area contributed by atoms with Crippen molar-refractivity contribution in [2.24, 2.45) is 5.92 Å². The molecule has 1 amide bonds. The molecule has 0 N–H and O–H groups in total. The van der Waals surface area contributed by atoms with Crippen LogP contribution in [-0.2, 0) is 0 Å². The standard InChI is InChI=1S/C18H15F2NO2/c19-15-5-1-12(2-6-15)17(22)14-9-10-21(11-14)18(23)13-3-7-16(20)8-4-13/h1-8,14H,9-11H2. The molecule has 1 aliphatic rings. The normalized spacial score (nSPS) is 17.3. The van der Waals surface area contributed by atoms with Crippen LogP contribution in [-0.4, -0.2) is 29.7 Å². The predicted molar refractivity (Wildman–Crippen MR) is 81.1 cm³/mol. The van der Waals surface area contributed by atoms with E-state index in [9.17, 15) is 18.4 Å². The van der Waals surface area contributed by atoms with Crippen LogP contribution in [0.1, 0.15) is 27.1 Å². The Bertz CT molecular complexity index is 662. The molecule has 0 radical (unpaired) electrons. The second-order valence-corrected chi connectivity index (χ2v) is 5.61. The molecule has 1 fully saturated rings. The summed E-state index contributed by atoms with van der Waals surface area (Å²) >= 11 is 0. The first-order chi connectivity index (χ1) is 11.0. The maximum Gasteiger partial charge on any atom is 0.253 e. The van der Waals surface area contributed by atoms with Crippen molar-refractivity contribution in [2.75, 3.05) is 13.1 Å². The van der Waals surface area contributed by atoms with Gasteiger partial charge in [0.15, 0.2) is 5.78 Å². The van der Waals surface area contributed by atoms with Gasteiger partial charge in [0.1, 0.15) is 11.6 Å². The van der Waals surface area contributed by atoms with E-state index < -0.39 is 5.82 Å². The molecule has 118 valence electrons. The van der Waals surface area contributed by atoms with Gasteiger partial charge in [-0.05, 0) is 55.0 Å². The first kappa shape index (κ1) is 15.3. The van der Waals surface area contributed by atoms with Crippen molar-refractivity contribution in [3.05, 3.63) is 71.3 Å². The third-order valence-electron chi connectivity index (χ3n) is 4.07. The Labute approximate surface area is 132 Å². The summed E-state index contributed by atoms with van der Waals surface area (Å²) in [7, 11) is 0. The number of carbonyl (C=O) groups excluding carboxylic acids is 2. The minimum atomic E-state index is -0.396. The number of amides is 1. The van der Waals surface area contributed by atoms with E-state index in [-0.39, 0.29) is 23.4 Å². The maximum absolute atomic E-state index is 12.9. The molecule has 1 saturated heterocycles. The molecule has 0 saturated carbocycles. The Hall–Kier alpha value is -2.56. The van der Waals surface area contributed by atoms with Gasteiger partial charge in [0.2, 0.25) is 0 Å². The fourth-order valence-corrected chi connectivity index (χ4v) is 2.78. The minimum Gasteiger partial charge on any atom is -0.338 e. The van der Waals surface area contributed by atoms with Gasteiger partial charge in [-0.15, -0.1) is 0 Å². The Balaban J connectivity index is 1.68. The molecule has 1 unspecified atom stereocenters. The van der Waals surface area contributed by atoms with Crippen LogP contribution in [0.4, 0.5) is 8.78 Å². The van der Waals surface area contributed by atoms with Crippen molar-refractivity contribution in [1.29, 1.82) is 0 Å². The molecule has 3 nitrogen and oxygen atoms in total. The molecule has 1 aliphatic heterocycles. The fourth-order valence-electron chi connectivity index (χ4n) is 2.78. The number of likely N-dealkylation sites (tertiary alicyclic amines) is 1. The summed E-state index contributed by atoms with van der Waals surface area (Å²) in [5.74, 6) is -1.36. The first-order valence-corrected chi connectivity index (χ1v) is 7.39. The predicted octanol–water partition coefficient (Wildman–Crippen LogP) is 3.31. The van der Waals surface area contributed by atoms with Crippen LogP contribution < -0.4 is 0 Å². The van der Waals surface area contributed by atoms with Gasteiger partial charge in [0.05, 0.1) is 0 Å². The number of rotatable bonds is 3. The molecule has 1 atom stereocenters. The van der Waals surface area contributed by atoms with Crippen LogP contribution >= 0.6 is 0 Å². The summed E-state index contributed by atoms with van der Waals surface area (Å²) in [4.78, 5) is 26.3. The van der Waals surface area contributed by atoms with Gasteiger partial charge in [-0.1, -0.05) is 0 Å². The van der Waals surface area contributed by atoms with E-state index in [1.165, 1.54) is 48.5 Å². The SMILES string of the molecule is O=C(c1ccc(F)cc1)C1CCN(C(=O)c2ccc(F)cc2)C1. The average molecular weight is 315 g/mol. The Morgan fingerprint density at radius 3 is 1.96 bits per heavy atom. The van der Waals surface area contributed by atoms with Crippen molar-refractivity contribution in [2.45, 2.75) is 6.42 Å². The highest BCUT2D eigenvalue weighted by atomic mass is 19.1. The topological polar surface area (TPSA) is 37.4 Å². The monoisotopic (exact) mass is 315 g/mol. The van der Waals surface area contributed by atoms with Gasteiger partial charge in [-0.3, -0.25) is 9.59 Å². The molecule has 23 heavy (non-hydrogen) atoms. The largest absolute Gasteiger partial charge is 0.338 e. The molecule has 1 heterocycles. The van der Waals surface area contributed by atoms with E-state index in [2.05, 4.69) is 0 Å². The minimum absolute atomic E-state index is 0.0839. The van der Waals surface area contributed by atoms with Crippen LogP contribution in [0.25, 0.3) is 0 Å². The molecule has 5 heteroatoms. The third kappa shape index (κ3) is 3.28. The number of halogens is 2. The lowest BCUT2D eigenvalue weighted by Gasteiger charge is -2.16. The molecule has 0 bridgehead atoms. The zero-order valence-corrected chi connectivity index (χ0v) is 12.3.